The smallest absolute Gasteiger partial charge is 0.407 e. The Morgan fingerprint density at radius 3 is 2.14 bits per heavy atom. The number of aromatic amines is 2. The molecule has 7 rings (SSSR count). The average molecular weight is 806 g/mol. The Morgan fingerprint density at radius 1 is 0.864 bits per heavy atom. The first-order chi connectivity index (χ1) is 28.3. The molecule has 310 valence electrons. The summed E-state index contributed by atoms with van der Waals surface area (Å²) in [6, 6.07) is 11.4. The van der Waals surface area contributed by atoms with E-state index in [0.717, 1.165) is 52.0 Å². The van der Waals surface area contributed by atoms with Gasteiger partial charge in [0.1, 0.15) is 23.7 Å². The number of carbonyl (C=O) groups is 4. The fourth-order valence-corrected chi connectivity index (χ4v) is 8.19. The molecule has 5 heterocycles. The van der Waals surface area contributed by atoms with Gasteiger partial charge in [-0.1, -0.05) is 56.8 Å². The first-order valence-corrected chi connectivity index (χ1v) is 20.0. The van der Waals surface area contributed by atoms with E-state index >= 15 is 0 Å². The summed E-state index contributed by atoms with van der Waals surface area (Å²) in [5.41, 5.74) is 5.05. The summed E-state index contributed by atoms with van der Waals surface area (Å²) in [5.74, 6) is 7.12. The van der Waals surface area contributed by atoms with E-state index < -0.39 is 35.9 Å². The lowest BCUT2D eigenvalue weighted by Crippen LogP contribution is -2.52. The van der Waals surface area contributed by atoms with Gasteiger partial charge in [0.05, 0.1) is 61.5 Å². The number of methoxy groups -OCH3 is 2. The van der Waals surface area contributed by atoms with Crippen LogP contribution in [0.4, 0.5) is 9.59 Å². The molecule has 1 spiro atoms. The van der Waals surface area contributed by atoms with Crippen LogP contribution in [0.1, 0.15) is 95.2 Å². The van der Waals surface area contributed by atoms with Crippen molar-refractivity contribution in [3.8, 4) is 23.1 Å². The maximum Gasteiger partial charge on any atom is 0.407 e. The SMILES string of the molecule is COC(=O)N[C@H](C(=O)N1CCC[C@H]1c1ncc(-c2ccc(C#Cc3ccc4nc([C@@H]5C[C@@]6(CC(C)=NO6)CN5C(=O)[C@@H](NC(=O)OC)C(C)C)[nH]c4c3)cc2)[nH]1)C(C)C. The molecule has 4 amide bonds. The van der Waals surface area contributed by atoms with Gasteiger partial charge in [-0.25, -0.2) is 19.6 Å². The molecular formula is C43H51N9O7. The van der Waals surface area contributed by atoms with Crippen molar-refractivity contribution in [3.05, 3.63) is 71.4 Å². The van der Waals surface area contributed by atoms with Crippen LogP contribution in [0.25, 0.3) is 22.3 Å². The van der Waals surface area contributed by atoms with Crippen LogP contribution in [0.15, 0.2) is 53.8 Å². The minimum absolute atomic E-state index is 0.117. The molecule has 0 saturated carbocycles. The highest BCUT2D eigenvalue weighted by Gasteiger charge is 2.53. The second-order valence-corrected chi connectivity index (χ2v) is 16.2. The van der Waals surface area contributed by atoms with Crippen LogP contribution in [0, 0.1) is 23.7 Å². The molecule has 0 unspecified atom stereocenters. The van der Waals surface area contributed by atoms with Gasteiger partial charge in [0, 0.05) is 30.5 Å². The molecule has 16 nitrogen and oxygen atoms in total. The van der Waals surface area contributed by atoms with E-state index in [-0.39, 0.29) is 29.7 Å². The van der Waals surface area contributed by atoms with E-state index in [9.17, 15) is 19.2 Å². The number of H-pyrrole nitrogens is 2. The lowest BCUT2D eigenvalue weighted by Gasteiger charge is -2.30. The maximum absolute atomic E-state index is 14.1. The molecule has 4 aromatic rings. The van der Waals surface area contributed by atoms with Gasteiger partial charge in [0.25, 0.3) is 0 Å². The standard InChI is InChI=1S/C43H51N9O7/c1-24(2)35(48-41(55)57-6)39(53)51-18-8-9-33(51)37-44-22-32(47-37)29-15-12-27(13-16-29)10-11-28-14-17-30-31(19-28)46-38(45-30)34-21-43(20-26(5)50-59-43)23-52(34)40(54)36(25(3)4)49-42(56)58-7/h12-17,19,22,24-25,33-36H,8-9,18,20-21,23H2,1-7H3,(H,44,47)(H,45,46)(H,48,55)(H,49,56)/t33-,34-,35-,36-,43-/m0/s1. The Bertz CT molecular complexity index is 2320. The van der Waals surface area contributed by atoms with E-state index in [1.54, 1.807) is 16.0 Å². The monoisotopic (exact) mass is 805 g/mol. The number of benzene rings is 2. The molecule has 3 aliphatic rings. The van der Waals surface area contributed by atoms with Crippen molar-refractivity contribution in [2.75, 3.05) is 27.3 Å². The molecule has 0 radical (unpaired) electrons. The van der Waals surface area contributed by atoms with Gasteiger partial charge < -0.3 is 44.7 Å². The van der Waals surface area contributed by atoms with Crippen LogP contribution in [0.2, 0.25) is 0 Å². The lowest BCUT2D eigenvalue weighted by molar-refractivity contribution is -0.137. The number of hydrogen-bond acceptors (Lipinski definition) is 10. The fourth-order valence-electron chi connectivity index (χ4n) is 8.19. The second-order valence-electron chi connectivity index (χ2n) is 16.2. The molecule has 2 aromatic heterocycles. The van der Waals surface area contributed by atoms with Crippen molar-refractivity contribution < 1.29 is 33.5 Å². The number of ether oxygens (including phenoxy) is 2. The minimum atomic E-state index is -0.803. The molecule has 0 aliphatic carbocycles. The second kappa shape index (κ2) is 16.8. The van der Waals surface area contributed by atoms with E-state index in [2.05, 4.69) is 42.6 Å². The number of alkyl carbamates (subject to hydrolysis) is 2. The predicted molar refractivity (Wildman–Crippen MR) is 219 cm³/mol. The summed E-state index contributed by atoms with van der Waals surface area (Å²) in [6.45, 7) is 10.3. The molecule has 2 aromatic carbocycles. The van der Waals surface area contributed by atoms with E-state index in [0.29, 0.717) is 37.6 Å². The first kappa shape index (κ1) is 40.8. The Labute approximate surface area is 342 Å². The molecular weight excluding hydrogens is 755 g/mol. The number of oxime groups is 1. The highest BCUT2D eigenvalue weighted by atomic mass is 16.7. The summed E-state index contributed by atoms with van der Waals surface area (Å²) in [5, 5.41) is 9.60. The molecule has 4 N–H and O–H groups in total. The van der Waals surface area contributed by atoms with Gasteiger partial charge in [-0.3, -0.25) is 9.59 Å². The number of nitrogens with one attached hydrogen (secondary N) is 4. The zero-order chi connectivity index (χ0) is 42.0. The number of hydrogen-bond donors (Lipinski definition) is 4. The largest absolute Gasteiger partial charge is 0.453 e. The number of fused-ring (bicyclic) bond motifs is 1. The third-order valence-corrected chi connectivity index (χ3v) is 11.2. The van der Waals surface area contributed by atoms with E-state index in [1.807, 2.05) is 77.1 Å². The highest BCUT2D eigenvalue weighted by molar-refractivity contribution is 5.88. The van der Waals surface area contributed by atoms with Gasteiger partial charge in [-0.2, -0.15) is 0 Å². The Balaban J connectivity index is 1.05. The van der Waals surface area contributed by atoms with Crippen molar-refractivity contribution in [3.63, 3.8) is 0 Å². The van der Waals surface area contributed by atoms with Crippen LogP contribution in [-0.4, -0.2) is 104 Å². The summed E-state index contributed by atoms with van der Waals surface area (Å²) in [6.07, 6.45) is 3.14. The number of imidazole rings is 2. The van der Waals surface area contributed by atoms with Crippen molar-refractivity contribution in [2.24, 2.45) is 17.0 Å². The topological polar surface area (TPSA) is 196 Å². The molecule has 0 bridgehead atoms. The molecule has 2 fully saturated rings. The van der Waals surface area contributed by atoms with Crippen molar-refractivity contribution >= 4 is 40.7 Å². The number of nitrogens with zero attached hydrogens (tertiary/aromatic N) is 5. The van der Waals surface area contributed by atoms with Gasteiger partial charge in [0.15, 0.2) is 5.60 Å². The van der Waals surface area contributed by atoms with Crippen LogP contribution in [-0.2, 0) is 23.9 Å². The predicted octanol–water partition coefficient (Wildman–Crippen LogP) is 5.59. The number of carbonyl (C=O) groups excluding carboxylic acids is 4. The van der Waals surface area contributed by atoms with E-state index in [1.165, 1.54) is 14.2 Å². The molecule has 3 aliphatic heterocycles. The van der Waals surface area contributed by atoms with Crippen LogP contribution < -0.4 is 10.6 Å². The zero-order valence-corrected chi connectivity index (χ0v) is 34.4. The van der Waals surface area contributed by atoms with Gasteiger partial charge in [-0.15, -0.1) is 0 Å². The summed E-state index contributed by atoms with van der Waals surface area (Å²) < 4.78 is 9.57. The van der Waals surface area contributed by atoms with Crippen molar-refractivity contribution in [1.82, 2.24) is 40.4 Å². The molecule has 16 heteroatoms. The normalized spacial score (nSPS) is 20.9. The van der Waals surface area contributed by atoms with Crippen LogP contribution >= 0.6 is 0 Å². The highest BCUT2D eigenvalue weighted by Crippen LogP contribution is 2.44. The quantitative estimate of drug-likeness (QED) is 0.156. The number of likely N-dealkylation sites (tertiary alicyclic amines) is 2. The summed E-state index contributed by atoms with van der Waals surface area (Å²) in [7, 11) is 2.55. The molecule has 59 heavy (non-hydrogen) atoms. The average Bonchev–Trinajstić information content (AvgIpc) is 4.08. The number of aromatic nitrogens is 4. The summed E-state index contributed by atoms with van der Waals surface area (Å²) in [4.78, 5) is 77.6. The third kappa shape index (κ3) is 8.60. The molecule has 2 saturated heterocycles. The van der Waals surface area contributed by atoms with Gasteiger partial charge in [0.2, 0.25) is 11.8 Å². The van der Waals surface area contributed by atoms with Gasteiger partial charge in [-0.05, 0) is 67.5 Å². The van der Waals surface area contributed by atoms with Crippen molar-refractivity contribution in [1.29, 1.82) is 0 Å². The molecule has 5 atom stereocenters. The summed E-state index contributed by atoms with van der Waals surface area (Å²) >= 11 is 0. The van der Waals surface area contributed by atoms with Crippen LogP contribution in [0.3, 0.4) is 0 Å². The number of rotatable bonds is 9. The van der Waals surface area contributed by atoms with Crippen molar-refractivity contribution in [2.45, 2.75) is 90.1 Å². The minimum Gasteiger partial charge on any atom is -0.453 e. The Morgan fingerprint density at radius 2 is 1.51 bits per heavy atom. The lowest BCUT2D eigenvalue weighted by atomic mass is 9.94. The Hall–Kier alpha value is -6.37. The Kier molecular flexibility index (Phi) is 11.7. The number of amides is 4. The van der Waals surface area contributed by atoms with Crippen LogP contribution in [0.5, 0.6) is 0 Å². The zero-order valence-electron chi connectivity index (χ0n) is 34.4. The first-order valence-electron chi connectivity index (χ1n) is 20.0. The third-order valence-electron chi connectivity index (χ3n) is 11.2. The van der Waals surface area contributed by atoms with Gasteiger partial charge >= 0.3 is 12.2 Å². The fraction of sp³-hybridized carbons (Fsp3) is 0.465. The van der Waals surface area contributed by atoms with E-state index in [4.69, 9.17) is 19.3 Å². The maximum atomic E-state index is 14.1.